The van der Waals surface area contributed by atoms with E-state index in [2.05, 4.69) is 15.9 Å². The van der Waals surface area contributed by atoms with Gasteiger partial charge in [0.2, 0.25) is 0 Å². The number of ether oxygens (including phenoxy) is 1. The fourth-order valence-corrected chi connectivity index (χ4v) is 2.14. The normalized spacial score (nSPS) is 20.3. The van der Waals surface area contributed by atoms with Crippen molar-refractivity contribution in [2.45, 2.75) is 31.8 Å². The molecule has 1 unspecified atom stereocenters. The number of esters is 1. The van der Waals surface area contributed by atoms with Gasteiger partial charge in [0.15, 0.2) is 16.6 Å². The molecule has 1 fully saturated rings. The van der Waals surface area contributed by atoms with Crippen molar-refractivity contribution in [3.05, 3.63) is 28.6 Å². The molecule has 5 heteroatoms. The fraction of sp³-hybridized carbons (Fsp3) is 0.385. The number of rotatable bonds is 3. The maximum atomic E-state index is 11.5. The van der Waals surface area contributed by atoms with Gasteiger partial charge in [-0.05, 0) is 53.4 Å². The Labute approximate surface area is 113 Å². The lowest BCUT2D eigenvalue weighted by molar-refractivity contribution is -0.152. The highest BCUT2D eigenvalue weighted by atomic mass is 79.9. The van der Waals surface area contributed by atoms with E-state index in [1.54, 1.807) is 12.1 Å². The molecule has 0 aromatic carbocycles. The molecule has 0 amide bonds. The van der Waals surface area contributed by atoms with Gasteiger partial charge in [-0.1, -0.05) is 0 Å². The Hall–Kier alpha value is -1.36. The molecule has 1 heterocycles. The van der Waals surface area contributed by atoms with Crippen LogP contribution in [0.3, 0.4) is 0 Å². The minimum Gasteiger partial charge on any atom is -0.451 e. The lowest BCUT2D eigenvalue weighted by Gasteiger charge is -2.19. The Balaban J connectivity index is 1.88. The molecule has 1 saturated carbocycles. The van der Waals surface area contributed by atoms with Gasteiger partial charge in [0.1, 0.15) is 5.76 Å². The summed E-state index contributed by atoms with van der Waals surface area (Å²) in [6.45, 7) is 0. The molecule has 0 bridgehead atoms. The van der Waals surface area contributed by atoms with Gasteiger partial charge in [0.05, 0.1) is 0 Å². The summed E-state index contributed by atoms with van der Waals surface area (Å²) in [7, 11) is 0. The zero-order valence-electron chi connectivity index (χ0n) is 9.73. The van der Waals surface area contributed by atoms with E-state index in [0.717, 1.165) is 12.8 Å². The van der Waals surface area contributed by atoms with Gasteiger partial charge in [-0.15, -0.1) is 0 Å². The van der Waals surface area contributed by atoms with E-state index in [9.17, 15) is 9.59 Å². The van der Waals surface area contributed by atoms with Crippen LogP contribution in [0.4, 0.5) is 0 Å². The van der Waals surface area contributed by atoms with Crippen molar-refractivity contribution < 1.29 is 18.7 Å². The standard InChI is InChI=1S/C13H13BrO4/c14-12-7-5-9(17-12)6-8-13(16)18-11-4-2-1-3-10(11)15/h5-8,11H,1-4H2. The summed E-state index contributed by atoms with van der Waals surface area (Å²) >= 11 is 3.17. The van der Waals surface area contributed by atoms with Gasteiger partial charge in [-0.2, -0.15) is 0 Å². The molecule has 96 valence electrons. The summed E-state index contributed by atoms with van der Waals surface area (Å²) in [6, 6.07) is 3.45. The van der Waals surface area contributed by atoms with Crippen LogP contribution >= 0.6 is 15.9 Å². The molecule has 1 aliphatic rings. The molecular weight excluding hydrogens is 300 g/mol. The number of carbonyl (C=O) groups is 2. The van der Waals surface area contributed by atoms with Gasteiger partial charge in [0, 0.05) is 12.5 Å². The zero-order chi connectivity index (χ0) is 13.0. The van der Waals surface area contributed by atoms with Crippen molar-refractivity contribution in [2.24, 2.45) is 0 Å². The van der Waals surface area contributed by atoms with Crippen molar-refractivity contribution in [3.8, 4) is 0 Å². The molecule has 1 aromatic rings. The van der Waals surface area contributed by atoms with Gasteiger partial charge < -0.3 is 9.15 Å². The highest BCUT2D eigenvalue weighted by molar-refractivity contribution is 9.10. The number of furan rings is 1. The molecule has 2 rings (SSSR count). The first-order chi connectivity index (χ1) is 8.65. The number of ketones is 1. The SMILES string of the molecule is O=C(C=Cc1ccc(Br)o1)OC1CCCCC1=O. The van der Waals surface area contributed by atoms with Crippen molar-refractivity contribution in [1.29, 1.82) is 0 Å². The van der Waals surface area contributed by atoms with Crippen LogP contribution in [0.25, 0.3) is 6.08 Å². The van der Waals surface area contributed by atoms with Gasteiger partial charge >= 0.3 is 5.97 Å². The third-order valence-corrected chi connectivity index (χ3v) is 3.16. The third kappa shape index (κ3) is 3.57. The van der Waals surface area contributed by atoms with Crippen LogP contribution in [0.1, 0.15) is 31.4 Å². The van der Waals surface area contributed by atoms with E-state index >= 15 is 0 Å². The van der Waals surface area contributed by atoms with Crippen molar-refractivity contribution >= 4 is 33.8 Å². The Morgan fingerprint density at radius 1 is 1.44 bits per heavy atom. The van der Waals surface area contributed by atoms with E-state index in [4.69, 9.17) is 9.15 Å². The highest BCUT2D eigenvalue weighted by Crippen LogP contribution is 2.18. The van der Waals surface area contributed by atoms with E-state index < -0.39 is 12.1 Å². The fourth-order valence-electron chi connectivity index (χ4n) is 1.82. The molecule has 1 atom stereocenters. The second-order valence-electron chi connectivity index (χ2n) is 4.11. The highest BCUT2D eigenvalue weighted by Gasteiger charge is 2.24. The molecule has 0 saturated heterocycles. The van der Waals surface area contributed by atoms with Crippen molar-refractivity contribution in [3.63, 3.8) is 0 Å². The van der Waals surface area contributed by atoms with Crippen LogP contribution < -0.4 is 0 Å². The van der Waals surface area contributed by atoms with Crippen molar-refractivity contribution in [1.82, 2.24) is 0 Å². The van der Waals surface area contributed by atoms with Crippen LogP contribution in [0.15, 0.2) is 27.3 Å². The number of hydrogen-bond donors (Lipinski definition) is 0. The van der Waals surface area contributed by atoms with E-state index in [1.165, 1.54) is 12.2 Å². The quantitative estimate of drug-likeness (QED) is 0.635. The van der Waals surface area contributed by atoms with Crippen LogP contribution in [-0.4, -0.2) is 17.9 Å². The third-order valence-electron chi connectivity index (χ3n) is 2.73. The van der Waals surface area contributed by atoms with Crippen LogP contribution in [0.2, 0.25) is 0 Å². The van der Waals surface area contributed by atoms with E-state index in [1.807, 2.05) is 0 Å². The van der Waals surface area contributed by atoms with Crippen LogP contribution in [-0.2, 0) is 14.3 Å². The predicted octanol–water partition coefficient (Wildman–Crippen LogP) is 3.11. The first-order valence-corrected chi connectivity index (χ1v) is 6.61. The number of carbonyl (C=O) groups excluding carboxylic acids is 2. The molecule has 1 aromatic heterocycles. The lowest BCUT2D eigenvalue weighted by Crippen LogP contribution is -2.29. The molecule has 0 radical (unpaired) electrons. The minimum atomic E-state index is -0.570. The Morgan fingerprint density at radius 2 is 2.28 bits per heavy atom. The summed E-state index contributed by atoms with van der Waals surface area (Å²) in [5.41, 5.74) is 0. The molecule has 1 aliphatic carbocycles. The summed E-state index contributed by atoms with van der Waals surface area (Å²) in [5.74, 6) is 0.0558. The first-order valence-electron chi connectivity index (χ1n) is 5.82. The topological polar surface area (TPSA) is 56.5 Å². The number of hydrogen-bond acceptors (Lipinski definition) is 4. The van der Waals surface area contributed by atoms with Crippen molar-refractivity contribution in [2.75, 3.05) is 0 Å². The Morgan fingerprint density at radius 3 is 2.94 bits per heavy atom. The zero-order valence-corrected chi connectivity index (χ0v) is 11.3. The smallest absolute Gasteiger partial charge is 0.331 e. The maximum Gasteiger partial charge on any atom is 0.331 e. The molecule has 0 aliphatic heterocycles. The first kappa shape index (κ1) is 13.1. The summed E-state index contributed by atoms with van der Waals surface area (Å²) in [5, 5.41) is 0. The van der Waals surface area contributed by atoms with Gasteiger partial charge in [0.25, 0.3) is 0 Å². The van der Waals surface area contributed by atoms with Crippen LogP contribution in [0.5, 0.6) is 0 Å². The maximum absolute atomic E-state index is 11.5. The van der Waals surface area contributed by atoms with Gasteiger partial charge in [-0.25, -0.2) is 4.79 Å². The summed E-state index contributed by atoms with van der Waals surface area (Å²) in [6.07, 6.45) is 5.17. The number of halogens is 1. The second kappa shape index (κ2) is 6.00. The Bertz CT molecular complexity index is 475. The minimum absolute atomic E-state index is 0.0174. The molecular formula is C13H13BrO4. The van der Waals surface area contributed by atoms with E-state index in [-0.39, 0.29) is 5.78 Å². The number of Topliss-reactive ketones (excluding diaryl/α,β-unsaturated/α-hetero) is 1. The van der Waals surface area contributed by atoms with E-state index in [0.29, 0.717) is 23.3 Å². The largest absolute Gasteiger partial charge is 0.451 e. The average molecular weight is 313 g/mol. The Kier molecular flexibility index (Phi) is 4.36. The predicted molar refractivity (Wildman–Crippen MR) is 68.8 cm³/mol. The molecule has 18 heavy (non-hydrogen) atoms. The van der Waals surface area contributed by atoms with Crippen LogP contribution in [0, 0.1) is 0 Å². The molecule has 0 spiro atoms. The lowest BCUT2D eigenvalue weighted by atomic mass is 9.96. The average Bonchev–Trinajstić information content (AvgIpc) is 2.76. The molecule has 0 N–H and O–H groups in total. The molecule has 4 nitrogen and oxygen atoms in total. The second-order valence-corrected chi connectivity index (χ2v) is 4.89. The summed E-state index contributed by atoms with van der Waals surface area (Å²) < 4.78 is 10.9. The monoisotopic (exact) mass is 312 g/mol. The van der Waals surface area contributed by atoms with Gasteiger partial charge in [-0.3, -0.25) is 4.79 Å². The summed E-state index contributed by atoms with van der Waals surface area (Å²) in [4.78, 5) is 23.0.